The van der Waals surface area contributed by atoms with Crippen molar-refractivity contribution in [1.29, 1.82) is 0 Å². The molecule has 3 rings (SSSR count). The molecule has 2 atom stereocenters. The van der Waals surface area contributed by atoms with Crippen LogP contribution in [0.15, 0.2) is 24.4 Å². The second-order valence-electron chi connectivity index (χ2n) is 7.72. The molecule has 7 nitrogen and oxygen atoms in total. The molecule has 1 aliphatic rings. The third-order valence-corrected chi connectivity index (χ3v) is 5.38. The topological polar surface area (TPSA) is 61.6 Å². The summed E-state index contributed by atoms with van der Waals surface area (Å²) in [6, 6.07) is 3.10. The van der Waals surface area contributed by atoms with Crippen molar-refractivity contribution in [3.63, 3.8) is 0 Å². The molecule has 2 aromatic heterocycles. The summed E-state index contributed by atoms with van der Waals surface area (Å²) in [7, 11) is 2.71. The van der Waals surface area contributed by atoms with Gasteiger partial charge in [-0.15, -0.1) is 0 Å². The number of anilines is 1. The van der Waals surface area contributed by atoms with Crippen LogP contribution >= 0.6 is 0 Å². The van der Waals surface area contributed by atoms with Crippen LogP contribution in [-0.2, 0) is 28.4 Å². The first-order chi connectivity index (χ1) is 15.4. The molecule has 1 saturated heterocycles. The Morgan fingerprint density at radius 3 is 2.30 bits per heavy atom. The lowest BCUT2D eigenvalue weighted by Crippen LogP contribution is -2.45. The predicted octanol–water partition coefficient (Wildman–Crippen LogP) is 4.23. The zero-order valence-corrected chi connectivity index (χ0v) is 18.2. The summed E-state index contributed by atoms with van der Waals surface area (Å²) in [6.45, 7) is 2.55. The van der Waals surface area contributed by atoms with E-state index >= 15 is 0 Å². The highest BCUT2D eigenvalue weighted by atomic mass is 19.4. The van der Waals surface area contributed by atoms with Crippen LogP contribution in [-0.4, -0.2) is 54.5 Å². The zero-order chi connectivity index (χ0) is 24.4. The van der Waals surface area contributed by atoms with E-state index in [0.29, 0.717) is 25.3 Å². The number of rotatable bonds is 7. The van der Waals surface area contributed by atoms with Gasteiger partial charge in [-0.1, -0.05) is 6.92 Å². The molecule has 33 heavy (non-hydrogen) atoms. The van der Waals surface area contributed by atoms with Gasteiger partial charge in [0.05, 0.1) is 12.1 Å². The van der Waals surface area contributed by atoms with Crippen molar-refractivity contribution in [3.05, 3.63) is 35.7 Å². The average Bonchev–Trinajstić information content (AvgIpc) is 3.15. The molecule has 1 aliphatic heterocycles. The van der Waals surface area contributed by atoms with Crippen LogP contribution in [0.4, 0.5) is 32.2 Å². The largest absolute Gasteiger partial charge is 0.474 e. The fourth-order valence-electron chi connectivity index (χ4n) is 3.55. The molecule has 184 valence electrons. The molecule has 0 spiro atoms. The second-order valence-corrected chi connectivity index (χ2v) is 7.72. The summed E-state index contributed by atoms with van der Waals surface area (Å²) in [6.07, 6.45) is -9.17. The zero-order valence-electron chi connectivity index (χ0n) is 18.2. The summed E-state index contributed by atoms with van der Waals surface area (Å²) in [4.78, 5) is 5.72. The number of aromatic nitrogens is 3. The van der Waals surface area contributed by atoms with Crippen molar-refractivity contribution < 1.29 is 40.6 Å². The summed E-state index contributed by atoms with van der Waals surface area (Å²) in [5.41, 5.74) is -1.93. The number of pyridine rings is 1. The maximum Gasteiger partial charge on any atom is 0.435 e. The monoisotopic (exact) mass is 482 g/mol. The molecule has 0 N–H and O–H groups in total. The van der Waals surface area contributed by atoms with E-state index in [1.54, 1.807) is 0 Å². The number of halogens is 6. The Bertz CT molecular complexity index is 912. The first-order valence-corrected chi connectivity index (χ1v) is 10.1. The molecule has 13 heteroatoms. The number of hydrogen-bond acceptors (Lipinski definition) is 6. The molecule has 0 bridgehead atoms. The van der Waals surface area contributed by atoms with Crippen molar-refractivity contribution >= 4 is 5.82 Å². The van der Waals surface area contributed by atoms with Crippen molar-refractivity contribution in [3.8, 4) is 5.88 Å². The lowest BCUT2D eigenvalue weighted by Gasteiger charge is -2.37. The lowest BCUT2D eigenvalue weighted by atomic mass is 9.96. The first kappa shape index (κ1) is 25.1. The van der Waals surface area contributed by atoms with E-state index in [-0.39, 0.29) is 18.3 Å². The minimum Gasteiger partial charge on any atom is -0.474 e. The smallest absolute Gasteiger partial charge is 0.435 e. The third-order valence-electron chi connectivity index (χ3n) is 5.38. The van der Waals surface area contributed by atoms with Gasteiger partial charge in [0.15, 0.2) is 12.0 Å². The standard InChI is InChI=1S/C20H24F6N4O3/c1-12-10-29(16-5-4-13(9-27-16)19(21,22)23)7-6-14(12)33-17-8-15(20(24,25)26)28-30(17)11-18(31-2)32-3/h4-5,8-9,12,14,18H,6-7,10-11H2,1-3H3/t12-,14-/m0/s1. The van der Waals surface area contributed by atoms with E-state index in [4.69, 9.17) is 14.2 Å². The summed E-state index contributed by atoms with van der Waals surface area (Å²) in [5, 5.41) is 3.59. The van der Waals surface area contributed by atoms with Crippen LogP contribution < -0.4 is 9.64 Å². The molecule has 1 fully saturated rings. The molecule has 0 aromatic carbocycles. The van der Waals surface area contributed by atoms with E-state index < -0.39 is 36.0 Å². The molecule has 0 amide bonds. The van der Waals surface area contributed by atoms with Crippen molar-refractivity contribution in [2.75, 3.05) is 32.2 Å². The Morgan fingerprint density at radius 2 is 1.79 bits per heavy atom. The van der Waals surface area contributed by atoms with Gasteiger partial charge in [-0.3, -0.25) is 0 Å². The predicted molar refractivity (Wildman–Crippen MR) is 105 cm³/mol. The van der Waals surface area contributed by atoms with Crippen molar-refractivity contribution in [2.45, 2.75) is 44.6 Å². The fourth-order valence-corrected chi connectivity index (χ4v) is 3.55. The third kappa shape index (κ3) is 6.08. The van der Waals surface area contributed by atoms with Crippen LogP contribution in [0, 0.1) is 5.92 Å². The van der Waals surface area contributed by atoms with Crippen LogP contribution in [0.25, 0.3) is 0 Å². The molecule has 0 aliphatic carbocycles. The number of hydrogen-bond donors (Lipinski definition) is 0. The molecule has 3 heterocycles. The van der Waals surface area contributed by atoms with Crippen LogP contribution in [0.5, 0.6) is 5.88 Å². The van der Waals surface area contributed by atoms with Gasteiger partial charge in [0.2, 0.25) is 5.88 Å². The SMILES string of the molecule is COC(Cn1nc(C(F)(F)F)cc1O[C@H]1CCN(c2ccc(C(F)(F)F)cn2)C[C@@H]1C)OC. The van der Waals surface area contributed by atoms with Gasteiger partial charge in [-0.25, -0.2) is 9.67 Å². The molecule has 0 unspecified atom stereocenters. The maximum atomic E-state index is 13.2. The molecule has 0 radical (unpaired) electrons. The number of alkyl halides is 6. The average molecular weight is 482 g/mol. The normalized spacial score (nSPS) is 19.9. The maximum absolute atomic E-state index is 13.2. The Balaban J connectivity index is 1.71. The van der Waals surface area contributed by atoms with Gasteiger partial charge in [-0.2, -0.15) is 31.4 Å². The summed E-state index contributed by atoms with van der Waals surface area (Å²) < 4.78 is 94.9. The Kier molecular flexibility index (Phi) is 7.42. The minimum absolute atomic E-state index is 0.0700. The van der Waals surface area contributed by atoms with Gasteiger partial charge in [0.1, 0.15) is 11.9 Å². The van der Waals surface area contributed by atoms with Gasteiger partial charge >= 0.3 is 12.4 Å². The fraction of sp³-hybridized carbons (Fsp3) is 0.600. The Hall–Kier alpha value is -2.54. The Morgan fingerprint density at radius 1 is 1.09 bits per heavy atom. The van der Waals surface area contributed by atoms with Gasteiger partial charge in [0, 0.05) is 51.9 Å². The van der Waals surface area contributed by atoms with E-state index in [1.807, 2.05) is 11.8 Å². The van der Waals surface area contributed by atoms with Crippen LogP contribution in [0.2, 0.25) is 0 Å². The van der Waals surface area contributed by atoms with Gasteiger partial charge in [0.25, 0.3) is 0 Å². The van der Waals surface area contributed by atoms with E-state index in [9.17, 15) is 26.3 Å². The molecular formula is C20H24F6N4O3. The number of methoxy groups -OCH3 is 2. The lowest BCUT2D eigenvalue weighted by molar-refractivity contribution is -0.142. The first-order valence-electron chi connectivity index (χ1n) is 10.1. The van der Waals surface area contributed by atoms with E-state index in [1.165, 1.54) is 20.3 Å². The summed E-state index contributed by atoms with van der Waals surface area (Å²) in [5.74, 6) is 0.168. The highest BCUT2D eigenvalue weighted by Crippen LogP contribution is 2.34. The summed E-state index contributed by atoms with van der Waals surface area (Å²) >= 11 is 0. The minimum atomic E-state index is -4.65. The van der Waals surface area contributed by atoms with Gasteiger partial charge < -0.3 is 19.1 Å². The van der Waals surface area contributed by atoms with Crippen LogP contribution in [0.1, 0.15) is 24.6 Å². The van der Waals surface area contributed by atoms with Crippen LogP contribution in [0.3, 0.4) is 0 Å². The highest BCUT2D eigenvalue weighted by Gasteiger charge is 2.37. The van der Waals surface area contributed by atoms with Gasteiger partial charge in [-0.05, 0) is 12.1 Å². The highest BCUT2D eigenvalue weighted by molar-refractivity contribution is 5.40. The quantitative estimate of drug-likeness (QED) is 0.435. The second kappa shape index (κ2) is 9.75. The number of ether oxygens (including phenoxy) is 3. The van der Waals surface area contributed by atoms with E-state index in [0.717, 1.165) is 23.0 Å². The number of nitrogens with zero attached hydrogens (tertiary/aromatic N) is 4. The Labute approximate surface area is 186 Å². The van der Waals surface area contributed by atoms with Crippen molar-refractivity contribution in [1.82, 2.24) is 14.8 Å². The number of piperidine rings is 1. The van der Waals surface area contributed by atoms with E-state index in [2.05, 4.69) is 10.1 Å². The molecule has 2 aromatic rings. The molecule has 0 saturated carbocycles. The molecular weight excluding hydrogens is 458 g/mol. The van der Waals surface area contributed by atoms with Crippen molar-refractivity contribution in [2.24, 2.45) is 5.92 Å².